The van der Waals surface area contributed by atoms with Crippen molar-refractivity contribution < 1.29 is 18.3 Å². The zero-order valence-corrected chi connectivity index (χ0v) is 22.5. The van der Waals surface area contributed by atoms with Crippen LogP contribution in [-0.2, 0) is 16.6 Å². The molecule has 7 nitrogen and oxygen atoms in total. The standard InChI is InChI=1S/C30H33F2N5O2/c1-18-17-33-35(2)29(18)19-7-14-26-25(15-19)34-30(37(26)20-8-11-22(39-3)12-9-20)27-5-4-6-28(38)36(27)21-10-13-23(31)24(32)16-21/h7,10,13-17,20,22,27H,4-6,8-9,11-12H2,1-3H3/t20?,22?,27-/m0/s1. The molecule has 39 heavy (non-hydrogen) atoms. The van der Waals surface area contributed by atoms with Gasteiger partial charge in [0.25, 0.3) is 0 Å². The Morgan fingerprint density at radius 1 is 1.00 bits per heavy atom. The van der Waals surface area contributed by atoms with E-state index in [0.717, 1.165) is 71.5 Å². The molecule has 0 unspecified atom stereocenters. The zero-order valence-electron chi connectivity index (χ0n) is 22.5. The lowest BCUT2D eigenvalue weighted by atomic mass is 9.91. The van der Waals surface area contributed by atoms with E-state index in [1.807, 2.05) is 24.9 Å². The monoisotopic (exact) mass is 533 g/mol. The van der Waals surface area contributed by atoms with Gasteiger partial charge in [-0.1, -0.05) is 6.07 Å². The minimum absolute atomic E-state index is 0.106. The number of carbonyl (C=O) groups excluding carboxylic acids is 1. The van der Waals surface area contributed by atoms with Gasteiger partial charge >= 0.3 is 0 Å². The van der Waals surface area contributed by atoms with Gasteiger partial charge in [-0.25, -0.2) is 13.8 Å². The predicted molar refractivity (Wildman–Crippen MR) is 145 cm³/mol. The molecule has 9 heteroatoms. The van der Waals surface area contributed by atoms with Gasteiger partial charge < -0.3 is 14.2 Å². The fraction of sp³-hybridized carbons (Fsp3) is 0.433. The molecule has 2 fully saturated rings. The number of anilines is 1. The Kier molecular flexibility index (Phi) is 6.71. The van der Waals surface area contributed by atoms with Crippen molar-refractivity contribution in [2.75, 3.05) is 12.0 Å². The van der Waals surface area contributed by atoms with Crippen LogP contribution in [0.25, 0.3) is 22.3 Å². The molecule has 1 amide bonds. The van der Waals surface area contributed by atoms with Crippen LogP contribution in [-0.4, -0.2) is 38.5 Å². The molecule has 0 spiro atoms. The first-order chi connectivity index (χ1) is 18.9. The SMILES string of the molecule is COC1CCC(n2c([C@@H]3CCCC(=O)N3c3ccc(F)c(F)c3)nc3cc(-c4c(C)cnn4C)ccc32)CC1. The topological polar surface area (TPSA) is 65.2 Å². The van der Waals surface area contributed by atoms with Crippen molar-refractivity contribution in [1.82, 2.24) is 19.3 Å². The second-order valence-corrected chi connectivity index (χ2v) is 10.8. The highest BCUT2D eigenvalue weighted by Crippen LogP contribution is 2.41. The van der Waals surface area contributed by atoms with E-state index in [1.54, 1.807) is 12.0 Å². The van der Waals surface area contributed by atoms with Crippen molar-refractivity contribution in [2.24, 2.45) is 7.05 Å². The maximum Gasteiger partial charge on any atom is 0.227 e. The predicted octanol–water partition coefficient (Wildman–Crippen LogP) is 6.41. The van der Waals surface area contributed by atoms with E-state index in [2.05, 4.69) is 27.9 Å². The molecule has 4 aromatic rings. The number of imidazole rings is 1. The molecule has 0 bridgehead atoms. The third kappa shape index (κ3) is 4.52. The van der Waals surface area contributed by atoms with Gasteiger partial charge in [-0.3, -0.25) is 9.48 Å². The number of ether oxygens (including phenoxy) is 1. The third-order valence-electron chi connectivity index (χ3n) is 8.38. The number of methoxy groups -OCH3 is 1. The van der Waals surface area contributed by atoms with E-state index in [-0.39, 0.29) is 24.1 Å². The summed E-state index contributed by atoms with van der Waals surface area (Å²) in [6.45, 7) is 2.04. The lowest BCUT2D eigenvalue weighted by Gasteiger charge is -2.37. The molecule has 1 aliphatic heterocycles. The van der Waals surface area contributed by atoms with E-state index in [1.165, 1.54) is 6.07 Å². The van der Waals surface area contributed by atoms with Gasteiger partial charge in [0.05, 0.1) is 35.1 Å². The highest BCUT2D eigenvalue weighted by molar-refractivity contribution is 5.95. The van der Waals surface area contributed by atoms with E-state index < -0.39 is 11.6 Å². The van der Waals surface area contributed by atoms with E-state index in [4.69, 9.17) is 9.72 Å². The number of carbonyl (C=O) groups is 1. The molecule has 2 aromatic carbocycles. The molecule has 1 atom stereocenters. The minimum Gasteiger partial charge on any atom is -0.381 e. The Hall–Kier alpha value is -3.59. The average Bonchev–Trinajstić information content (AvgIpc) is 3.48. The molecular formula is C30H33F2N5O2. The highest BCUT2D eigenvalue weighted by atomic mass is 19.2. The first-order valence-corrected chi connectivity index (χ1v) is 13.7. The number of aryl methyl sites for hydroxylation is 2. The van der Waals surface area contributed by atoms with Gasteiger partial charge in [0.2, 0.25) is 5.91 Å². The van der Waals surface area contributed by atoms with Gasteiger partial charge in [0.1, 0.15) is 5.82 Å². The molecule has 0 N–H and O–H groups in total. The Morgan fingerprint density at radius 3 is 2.49 bits per heavy atom. The smallest absolute Gasteiger partial charge is 0.227 e. The van der Waals surface area contributed by atoms with Crippen LogP contribution in [0.5, 0.6) is 0 Å². The maximum absolute atomic E-state index is 14.3. The summed E-state index contributed by atoms with van der Waals surface area (Å²) in [4.78, 5) is 20.1. The molecule has 2 aliphatic rings. The van der Waals surface area contributed by atoms with Crippen LogP contribution in [0.4, 0.5) is 14.5 Å². The average molecular weight is 534 g/mol. The van der Waals surface area contributed by atoms with Crippen LogP contribution < -0.4 is 4.90 Å². The van der Waals surface area contributed by atoms with Crippen LogP contribution >= 0.6 is 0 Å². The number of amides is 1. The first kappa shape index (κ1) is 25.7. The number of aromatic nitrogens is 4. The number of nitrogens with zero attached hydrogens (tertiary/aromatic N) is 5. The Bertz CT molecular complexity index is 1520. The normalized spacial score (nSPS) is 22.1. The fourth-order valence-corrected chi connectivity index (χ4v) is 6.46. The number of hydrogen-bond donors (Lipinski definition) is 0. The number of benzene rings is 2. The Balaban J connectivity index is 1.50. The summed E-state index contributed by atoms with van der Waals surface area (Å²) in [6.07, 6.45) is 7.62. The zero-order chi connectivity index (χ0) is 27.3. The maximum atomic E-state index is 14.3. The number of rotatable bonds is 5. The second-order valence-electron chi connectivity index (χ2n) is 10.8. The van der Waals surface area contributed by atoms with Gasteiger partial charge in [0.15, 0.2) is 11.6 Å². The van der Waals surface area contributed by atoms with Crippen LogP contribution in [0.15, 0.2) is 42.6 Å². The third-order valence-corrected chi connectivity index (χ3v) is 8.38. The number of piperidine rings is 1. The van der Waals surface area contributed by atoms with Crippen molar-refractivity contribution in [3.63, 3.8) is 0 Å². The summed E-state index contributed by atoms with van der Waals surface area (Å²) in [5.41, 5.74) is 5.35. The van der Waals surface area contributed by atoms with Crippen molar-refractivity contribution in [3.8, 4) is 11.3 Å². The van der Waals surface area contributed by atoms with Crippen molar-refractivity contribution in [1.29, 1.82) is 0 Å². The summed E-state index contributed by atoms with van der Waals surface area (Å²) in [7, 11) is 3.69. The van der Waals surface area contributed by atoms with Crippen molar-refractivity contribution >= 4 is 22.6 Å². The minimum atomic E-state index is -0.966. The second kappa shape index (κ2) is 10.2. The number of fused-ring (bicyclic) bond motifs is 1. The molecule has 1 saturated carbocycles. The van der Waals surface area contributed by atoms with E-state index in [0.29, 0.717) is 24.9 Å². The van der Waals surface area contributed by atoms with Gasteiger partial charge in [0, 0.05) is 43.9 Å². The molecule has 2 aromatic heterocycles. The van der Waals surface area contributed by atoms with Crippen molar-refractivity contribution in [3.05, 3.63) is 65.6 Å². The Morgan fingerprint density at radius 2 is 1.79 bits per heavy atom. The lowest BCUT2D eigenvalue weighted by molar-refractivity contribution is -0.120. The van der Waals surface area contributed by atoms with Crippen LogP contribution in [0.3, 0.4) is 0 Å². The van der Waals surface area contributed by atoms with E-state index in [9.17, 15) is 13.6 Å². The van der Waals surface area contributed by atoms with Crippen LogP contribution in [0, 0.1) is 18.6 Å². The lowest BCUT2D eigenvalue weighted by Crippen LogP contribution is -2.40. The number of hydrogen-bond acceptors (Lipinski definition) is 4. The largest absolute Gasteiger partial charge is 0.381 e. The quantitative estimate of drug-likeness (QED) is 0.297. The van der Waals surface area contributed by atoms with Crippen LogP contribution in [0.1, 0.15) is 68.4 Å². The molecule has 0 radical (unpaired) electrons. The summed E-state index contributed by atoms with van der Waals surface area (Å²) < 4.78 is 37.9. The summed E-state index contributed by atoms with van der Waals surface area (Å²) >= 11 is 0. The van der Waals surface area contributed by atoms with E-state index >= 15 is 0 Å². The van der Waals surface area contributed by atoms with Crippen LogP contribution in [0.2, 0.25) is 0 Å². The summed E-state index contributed by atoms with van der Waals surface area (Å²) in [6, 6.07) is 9.81. The molecule has 1 aliphatic carbocycles. The fourth-order valence-electron chi connectivity index (χ4n) is 6.46. The highest BCUT2D eigenvalue weighted by Gasteiger charge is 2.36. The molecule has 3 heterocycles. The van der Waals surface area contributed by atoms with Gasteiger partial charge in [-0.15, -0.1) is 0 Å². The summed E-state index contributed by atoms with van der Waals surface area (Å²) in [5.74, 6) is -1.21. The molecule has 1 saturated heterocycles. The first-order valence-electron chi connectivity index (χ1n) is 13.7. The molecular weight excluding hydrogens is 500 g/mol. The van der Waals surface area contributed by atoms with Gasteiger partial charge in [-0.2, -0.15) is 5.10 Å². The number of halogens is 2. The summed E-state index contributed by atoms with van der Waals surface area (Å²) in [5, 5.41) is 4.40. The molecule has 6 rings (SSSR count). The molecule has 204 valence electrons. The van der Waals surface area contributed by atoms with Crippen molar-refractivity contribution in [2.45, 2.75) is 70.1 Å². The van der Waals surface area contributed by atoms with Gasteiger partial charge in [-0.05, 0) is 75.3 Å². The Labute approximate surface area is 226 Å².